The standard InChI is InChI=1S/C24H18ClF3N2O2/c1-30-21-11-8-16(25)13-18(21)22(14-6-9-17(31)10-7-14)29-20(23(30)32)12-15-4-2-3-5-19(15)24(26,27)28/h2-11,13,20,31H,12H2,1H3. The molecule has 3 aromatic carbocycles. The van der Waals surface area contributed by atoms with Gasteiger partial charge in [0.15, 0.2) is 0 Å². The largest absolute Gasteiger partial charge is 0.508 e. The minimum absolute atomic E-state index is 0.00968. The molecule has 1 heterocycles. The molecule has 1 atom stereocenters. The summed E-state index contributed by atoms with van der Waals surface area (Å²) in [6, 6.07) is 15.3. The summed E-state index contributed by atoms with van der Waals surface area (Å²) >= 11 is 6.21. The molecule has 1 aliphatic heterocycles. The number of fused-ring (bicyclic) bond motifs is 1. The van der Waals surface area contributed by atoms with Gasteiger partial charge in [-0.25, -0.2) is 0 Å². The van der Waals surface area contributed by atoms with E-state index >= 15 is 0 Å². The van der Waals surface area contributed by atoms with E-state index in [4.69, 9.17) is 11.6 Å². The SMILES string of the molecule is CN1C(=O)C(Cc2ccccc2C(F)(F)F)N=C(c2ccc(O)cc2)c2cc(Cl)ccc21. The van der Waals surface area contributed by atoms with E-state index in [9.17, 15) is 23.1 Å². The lowest BCUT2D eigenvalue weighted by Crippen LogP contribution is -2.36. The Bertz CT molecular complexity index is 1210. The number of anilines is 1. The number of phenolic OH excluding ortho intramolecular Hbond substituents is 1. The van der Waals surface area contributed by atoms with Gasteiger partial charge in [-0.05, 0) is 54.1 Å². The van der Waals surface area contributed by atoms with Crippen molar-refractivity contribution in [2.75, 3.05) is 11.9 Å². The first-order chi connectivity index (χ1) is 15.1. The zero-order chi connectivity index (χ0) is 23.0. The number of amides is 1. The fourth-order valence-corrected chi connectivity index (χ4v) is 3.95. The fourth-order valence-electron chi connectivity index (χ4n) is 3.78. The molecule has 1 unspecified atom stereocenters. The van der Waals surface area contributed by atoms with E-state index in [0.717, 1.165) is 6.07 Å². The van der Waals surface area contributed by atoms with Crippen molar-refractivity contribution in [3.63, 3.8) is 0 Å². The van der Waals surface area contributed by atoms with Gasteiger partial charge < -0.3 is 10.0 Å². The molecule has 8 heteroatoms. The first-order valence-electron chi connectivity index (χ1n) is 9.75. The second-order valence-electron chi connectivity index (χ2n) is 7.46. The highest BCUT2D eigenvalue weighted by Crippen LogP contribution is 2.35. The number of benzodiazepines with no additional fused rings is 1. The predicted molar refractivity (Wildman–Crippen MR) is 118 cm³/mol. The smallest absolute Gasteiger partial charge is 0.416 e. The molecule has 0 spiro atoms. The van der Waals surface area contributed by atoms with Gasteiger partial charge in [-0.3, -0.25) is 9.79 Å². The van der Waals surface area contributed by atoms with Crippen LogP contribution in [0.3, 0.4) is 0 Å². The van der Waals surface area contributed by atoms with Crippen molar-refractivity contribution in [3.05, 3.63) is 94.0 Å². The summed E-state index contributed by atoms with van der Waals surface area (Å²) in [5.74, 6) is -0.377. The number of phenols is 1. The highest BCUT2D eigenvalue weighted by molar-refractivity contribution is 6.32. The average molecular weight is 459 g/mol. The number of alkyl halides is 3. The van der Waals surface area contributed by atoms with Gasteiger partial charge >= 0.3 is 6.18 Å². The Hall–Kier alpha value is -3.32. The Morgan fingerprint density at radius 1 is 1.06 bits per heavy atom. The number of hydrogen-bond acceptors (Lipinski definition) is 3. The maximum atomic E-state index is 13.5. The molecule has 0 saturated heterocycles. The average Bonchev–Trinajstić information content (AvgIpc) is 2.84. The van der Waals surface area contributed by atoms with Crippen molar-refractivity contribution < 1.29 is 23.1 Å². The molecule has 1 aliphatic rings. The van der Waals surface area contributed by atoms with Crippen LogP contribution in [0.5, 0.6) is 5.75 Å². The molecule has 0 bridgehead atoms. The lowest BCUT2D eigenvalue weighted by molar-refractivity contribution is -0.138. The summed E-state index contributed by atoms with van der Waals surface area (Å²) in [4.78, 5) is 19.3. The number of carbonyl (C=O) groups is 1. The number of rotatable bonds is 3. The van der Waals surface area contributed by atoms with Crippen LogP contribution in [0.4, 0.5) is 18.9 Å². The molecule has 0 radical (unpaired) electrons. The number of aromatic hydroxyl groups is 1. The molecule has 164 valence electrons. The van der Waals surface area contributed by atoms with E-state index in [1.807, 2.05) is 0 Å². The van der Waals surface area contributed by atoms with E-state index < -0.39 is 23.7 Å². The summed E-state index contributed by atoms with van der Waals surface area (Å²) in [5.41, 5.74) is 1.33. The molecular weight excluding hydrogens is 441 g/mol. The summed E-state index contributed by atoms with van der Waals surface area (Å²) in [6.07, 6.45) is -4.77. The zero-order valence-electron chi connectivity index (χ0n) is 16.9. The molecule has 0 aromatic heterocycles. The molecule has 3 aromatic rings. The third-order valence-corrected chi connectivity index (χ3v) is 5.59. The molecule has 32 heavy (non-hydrogen) atoms. The van der Waals surface area contributed by atoms with Gasteiger partial charge in [0.25, 0.3) is 5.91 Å². The normalized spacial score (nSPS) is 16.4. The van der Waals surface area contributed by atoms with Crippen LogP contribution in [-0.4, -0.2) is 29.8 Å². The number of aliphatic imine (C=N–C) groups is 1. The number of likely N-dealkylation sites (N-methyl/N-ethyl adjacent to an activating group) is 1. The predicted octanol–water partition coefficient (Wildman–Crippen LogP) is 5.49. The van der Waals surface area contributed by atoms with Crippen LogP contribution < -0.4 is 4.90 Å². The van der Waals surface area contributed by atoms with Gasteiger partial charge in [0, 0.05) is 29.6 Å². The van der Waals surface area contributed by atoms with E-state index in [1.54, 1.807) is 37.4 Å². The highest BCUT2D eigenvalue weighted by Gasteiger charge is 2.36. The maximum Gasteiger partial charge on any atom is 0.416 e. The summed E-state index contributed by atoms with van der Waals surface area (Å²) < 4.78 is 40.6. The minimum atomic E-state index is -4.55. The quantitative estimate of drug-likeness (QED) is 0.564. The van der Waals surface area contributed by atoms with Gasteiger partial charge in [-0.1, -0.05) is 29.8 Å². The summed E-state index contributed by atoms with van der Waals surface area (Å²) in [6.45, 7) is 0. The number of benzene rings is 3. The second kappa shape index (κ2) is 8.31. The minimum Gasteiger partial charge on any atom is -0.508 e. The van der Waals surface area contributed by atoms with Crippen molar-refractivity contribution >= 4 is 28.9 Å². The van der Waals surface area contributed by atoms with Gasteiger partial charge in [0.2, 0.25) is 0 Å². The molecule has 0 aliphatic carbocycles. The number of hydrogen-bond donors (Lipinski definition) is 1. The molecular formula is C24H18ClF3N2O2. The summed E-state index contributed by atoms with van der Waals surface area (Å²) in [7, 11) is 1.56. The van der Waals surface area contributed by atoms with E-state index in [-0.39, 0.29) is 17.7 Å². The number of halogens is 4. The van der Waals surface area contributed by atoms with Crippen molar-refractivity contribution in [2.45, 2.75) is 18.6 Å². The fraction of sp³-hybridized carbons (Fsp3) is 0.167. The molecule has 1 amide bonds. The van der Waals surface area contributed by atoms with Crippen molar-refractivity contribution in [1.82, 2.24) is 0 Å². The van der Waals surface area contributed by atoms with Crippen molar-refractivity contribution in [1.29, 1.82) is 0 Å². The molecule has 4 rings (SSSR count). The monoisotopic (exact) mass is 458 g/mol. The lowest BCUT2D eigenvalue weighted by atomic mass is 9.98. The van der Waals surface area contributed by atoms with Gasteiger partial charge in [0.1, 0.15) is 11.8 Å². The second-order valence-corrected chi connectivity index (χ2v) is 7.89. The van der Waals surface area contributed by atoms with Crippen LogP contribution in [-0.2, 0) is 17.4 Å². The first-order valence-corrected chi connectivity index (χ1v) is 10.1. The van der Waals surface area contributed by atoms with Crippen LogP contribution in [0.1, 0.15) is 22.3 Å². The van der Waals surface area contributed by atoms with Crippen molar-refractivity contribution in [2.24, 2.45) is 4.99 Å². The third-order valence-electron chi connectivity index (χ3n) is 5.35. The van der Waals surface area contributed by atoms with Crippen LogP contribution in [0, 0.1) is 0 Å². The first kappa shape index (κ1) is 21.9. The van der Waals surface area contributed by atoms with E-state index in [2.05, 4.69) is 4.99 Å². The molecule has 0 fully saturated rings. The topological polar surface area (TPSA) is 52.9 Å². The Morgan fingerprint density at radius 3 is 2.44 bits per heavy atom. The van der Waals surface area contributed by atoms with Crippen molar-refractivity contribution in [3.8, 4) is 5.75 Å². The van der Waals surface area contributed by atoms with Gasteiger partial charge in [-0.15, -0.1) is 0 Å². The molecule has 0 saturated carbocycles. The van der Waals surface area contributed by atoms with Gasteiger partial charge in [-0.2, -0.15) is 13.2 Å². The van der Waals surface area contributed by atoms with Gasteiger partial charge in [0.05, 0.1) is 17.0 Å². The number of nitrogens with zero attached hydrogens (tertiary/aromatic N) is 2. The number of carbonyl (C=O) groups excluding carboxylic acids is 1. The van der Waals surface area contributed by atoms with E-state index in [1.165, 1.54) is 35.2 Å². The van der Waals surface area contributed by atoms with Crippen LogP contribution in [0.2, 0.25) is 5.02 Å². The Kier molecular flexibility index (Phi) is 5.69. The van der Waals surface area contributed by atoms with Crippen LogP contribution in [0.25, 0.3) is 0 Å². The summed E-state index contributed by atoms with van der Waals surface area (Å²) in [5, 5.41) is 10.1. The Labute approximate surface area is 187 Å². The maximum absolute atomic E-state index is 13.5. The zero-order valence-corrected chi connectivity index (χ0v) is 17.7. The molecule has 1 N–H and O–H groups in total. The van der Waals surface area contributed by atoms with Crippen LogP contribution >= 0.6 is 11.6 Å². The van der Waals surface area contributed by atoms with Crippen LogP contribution in [0.15, 0.2) is 71.7 Å². The lowest BCUT2D eigenvalue weighted by Gasteiger charge is -2.21. The molecule has 4 nitrogen and oxygen atoms in total. The Balaban J connectivity index is 1.87. The highest BCUT2D eigenvalue weighted by atomic mass is 35.5. The third kappa shape index (κ3) is 4.21. The van der Waals surface area contributed by atoms with E-state index in [0.29, 0.717) is 27.5 Å². The Morgan fingerprint density at radius 2 is 1.75 bits per heavy atom.